The highest BCUT2D eigenvalue weighted by Crippen LogP contribution is 2.27. The van der Waals surface area contributed by atoms with Crippen molar-refractivity contribution in [1.82, 2.24) is 15.0 Å². The fourth-order valence-corrected chi connectivity index (χ4v) is 1.95. The highest BCUT2D eigenvalue weighted by atomic mass is 16.5. The number of aromatic nitrogens is 3. The van der Waals surface area contributed by atoms with Gasteiger partial charge in [0.25, 0.3) is 0 Å². The fraction of sp³-hybridized carbons (Fsp3) is 0.667. The molecule has 1 N–H and O–H groups in total. The maximum absolute atomic E-state index is 10.9. The number of carbonyl (C=O) groups is 1. The molecule has 0 aliphatic carbocycles. The molecule has 1 aromatic rings. The van der Waals surface area contributed by atoms with E-state index in [4.69, 9.17) is 9.84 Å². The van der Waals surface area contributed by atoms with Gasteiger partial charge >= 0.3 is 5.97 Å². The Balaban J connectivity index is 2.32. The zero-order valence-corrected chi connectivity index (χ0v) is 8.51. The van der Waals surface area contributed by atoms with Gasteiger partial charge in [-0.1, -0.05) is 5.21 Å². The molecule has 2 rings (SSSR count). The van der Waals surface area contributed by atoms with Gasteiger partial charge in [0, 0.05) is 26.2 Å². The molecule has 0 spiro atoms. The van der Waals surface area contributed by atoms with E-state index in [1.54, 1.807) is 11.7 Å². The van der Waals surface area contributed by atoms with Gasteiger partial charge < -0.3 is 9.84 Å². The quantitative estimate of drug-likeness (QED) is 0.766. The minimum atomic E-state index is -1.01. The normalized spacial score (nSPS) is 17.9. The summed E-state index contributed by atoms with van der Waals surface area (Å²) < 4.78 is 6.80. The predicted molar refractivity (Wildman–Crippen MR) is 50.8 cm³/mol. The Morgan fingerprint density at radius 2 is 2.20 bits per heavy atom. The molecular formula is C9H13N3O3. The molecule has 0 saturated carbocycles. The van der Waals surface area contributed by atoms with Crippen molar-refractivity contribution in [2.45, 2.75) is 18.8 Å². The third-order valence-corrected chi connectivity index (χ3v) is 2.68. The maximum Gasteiger partial charge on any atom is 0.358 e. The van der Waals surface area contributed by atoms with Gasteiger partial charge in [-0.2, -0.15) is 0 Å². The Hall–Kier alpha value is -1.43. The number of nitrogens with zero attached hydrogens (tertiary/aromatic N) is 3. The standard InChI is InChI=1S/C9H13N3O3/c1-12-8(6-2-4-15-5-3-6)7(9(13)14)10-11-12/h6H,2-5H2,1H3,(H,13,14). The minimum absolute atomic E-state index is 0.0735. The lowest BCUT2D eigenvalue weighted by molar-refractivity contribution is 0.0677. The van der Waals surface area contributed by atoms with Crippen molar-refractivity contribution < 1.29 is 14.6 Å². The van der Waals surface area contributed by atoms with E-state index in [1.807, 2.05) is 0 Å². The molecule has 1 saturated heterocycles. The third-order valence-electron chi connectivity index (χ3n) is 2.68. The van der Waals surface area contributed by atoms with Crippen LogP contribution < -0.4 is 0 Å². The van der Waals surface area contributed by atoms with Crippen LogP contribution in [-0.2, 0) is 11.8 Å². The summed E-state index contributed by atoms with van der Waals surface area (Å²) in [5, 5.41) is 16.4. The molecular weight excluding hydrogens is 198 g/mol. The molecule has 6 nitrogen and oxygen atoms in total. The molecule has 1 fully saturated rings. The highest BCUT2D eigenvalue weighted by molar-refractivity contribution is 5.86. The van der Waals surface area contributed by atoms with E-state index in [1.165, 1.54) is 0 Å². The minimum Gasteiger partial charge on any atom is -0.476 e. The van der Waals surface area contributed by atoms with E-state index in [0.29, 0.717) is 18.9 Å². The second kappa shape index (κ2) is 3.98. The summed E-state index contributed by atoms with van der Waals surface area (Å²) in [5.41, 5.74) is 0.787. The van der Waals surface area contributed by atoms with Gasteiger partial charge in [0.2, 0.25) is 0 Å². The average Bonchev–Trinajstić information content (AvgIpc) is 2.61. The number of hydrogen-bond donors (Lipinski definition) is 1. The number of hydrogen-bond acceptors (Lipinski definition) is 4. The number of rotatable bonds is 2. The molecule has 0 bridgehead atoms. The zero-order valence-electron chi connectivity index (χ0n) is 8.51. The summed E-state index contributed by atoms with van der Waals surface area (Å²) in [5.74, 6) is -0.811. The van der Waals surface area contributed by atoms with Gasteiger partial charge in [0.05, 0.1) is 5.69 Å². The largest absolute Gasteiger partial charge is 0.476 e. The van der Waals surface area contributed by atoms with E-state index in [9.17, 15) is 4.79 Å². The van der Waals surface area contributed by atoms with Crippen LogP contribution in [0.25, 0.3) is 0 Å². The lowest BCUT2D eigenvalue weighted by Crippen LogP contribution is -2.19. The van der Waals surface area contributed by atoms with Crippen LogP contribution in [-0.4, -0.2) is 39.3 Å². The molecule has 0 unspecified atom stereocenters. The third kappa shape index (κ3) is 1.85. The molecule has 0 aromatic carbocycles. The smallest absolute Gasteiger partial charge is 0.358 e. The lowest BCUT2D eigenvalue weighted by Gasteiger charge is -2.21. The van der Waals surface area contributed by atoms with Gasteiger partial charge in [0.1, 0.15) is 0 Å². The molecule has 15 heavy (non-hydrogen) atoms. The molecule has 0 amide bonds. The predicted octanol–water partition coefficient (Wildman–Crippen LogP) is 0.407. The first-order valence-corrected chi connectivity index (χ1v) is 4.90. The molecule has 0 radical (unpaired) electrons. The Morgan fingerprint density at radius 1 is 1.53 bits per heavy atom. The molecule has 1 aliphatic rings. The molecule has 0 atom stereocenters. The molecule has 6 heteroatoms. The van der Waals surface area contributed by atoms with E-state index in [-0.39, 0.29) is 11.6 Å². The first kappa shape index (κ1) is 10.1. The number of aryl methyl sites for hydroxylation is 1. The summed E-state index contributed by atoms with van der Waals surface area (Å²) in [6.45, 7) is 1.35. The molecule has 82 valence electrons. The fourth-order valence-electron chi connectivity index (χ4n) is 1.95. The molecule has 1 aromatic heterocycles. The number of aromatic carboxylic acids is 1. The lowest BCUT2D eigenvalue weighted by atomic mass is 9.95. The summed E-state index contributed by atoms with van der Waals surface area (Å²) in [4.78, 5) is 10.9. The summed E-state index contributed by atoms with van der Waals surface area (Å²) in [6.07, 6.45) is 1.67. The van der Waals surface area contributed by atoms with E-state index < -0.39 is 5.97 Å². The van der Waals surface area contributed by atoms with Gasteiger partial charge in [-0.05, 0) is 12.8 Å². The highest BCUT2D eigenvalue weighted by Gasteiger charge is 2.26. The molecule has 2 heterocycles. The van der Waals surface area contributed by atoms with Crippen LogP contribution in [0.15, 0.2) is 0 Å². The first-order chi connectivity index (χ1) is 7.20. The summed E-state index contributed by atoms with van der Waals surface area (Å²) >= 11 is 0. The van der Waals surface area contributed by atoms with Crippen molar-refractivity contribution in [2.75, 3.05) is 13.2 Å². The second-order valence-corrected chi connectivity index (χ2v) is 3.64. The topological polar surface area (TPSA) is 77.2 Å². The van der Waals surface area contributed by atoms with Crippen LogP contribution in [0.3, 0.4) is 0 Å². The van der Waals surface area contributed by atoms with Crippen molar-refractivity contribution in [1.29, 1.82) is 0 Å². The number of carboxylic acid groups (broad SMARTS) is 1. The monoisotopic (exact) mass is 211 g/mol. The van der Waals surface area contributed by atoms with Crippen LogP contribution in [0.2, 0.25) is 0 Å². The van der Waals surface area contributed by atoms with Gasteiger partial charge in [-0.25, -0.2) is 4.79 Å². The van der Waals surface area contributed by atoms with Crippen molar-refractivity contribution in [3.05, 3.63) is 11.4 Å². The van der Waals surface area contributed by atoms with Crippen LogP contribution in [0, 0.1) is 0 Å². The average molecular weight is 211 g/mol. The van der Waals surface area contributed by atoms with Gasteiger partial charge in [0.15, 0.2) is 5.69 Å². The molecule has 1 aliphatic heterocycles. The van der Waals surface area contributed by atoms with Crippen LogP contribution in [0.5, 0.6) is 0 Å². The van der Waals surface area contributed by atoms with Crippen LogP contribution in [0.4, 0.5) is 0 Å². The second-order valence-electron chi connectivity index (χ2n) is 3.64. The van der Waals surface area contributed by atoms with Crippen molar-refractivity contribution >= 4 is 5.97 Å². The number of ether oxygens (including phenoxy) is 1. The SMILES string of the molecule is Cn1nnc(C(=O)O)c1C1CCOCC1. The summed E-state index contributed by atoms with van der Waals surface area (Å²) in [7, 11) is 1.73. The Kier molecular flexibility index (Phi) is 2.68. The Labute approximate surface area is 86.8 Å². The van der Waals surface area contributed by atoms with Crippen LogP contribution in [0.1, 0.15) is 34.9 Å². The van der Waals surface area contributed by atoms with E-state index in [0.717, 1.165) is 12.8 Å². The maximum atomic E-state index is 10.9. The van der Waals surface area contributed by atoms with Gasteiger partial charge in [-0.3, -0.25) is 4.68 Å². The van der Waals surface area contributed by atoms with E-state index >= 15 is 0 Å². The van der Waals surface area contributed by atoms with Crippen molar-refractivity contribution in [2.24, 2.45) is 7.05 Å². The van der Waals surface area contributed by atoms with Crippen LogP contribution >= 0.6 is 0 Å². The number of carboxylic acids is 1. The first-order valence-electron chi connectivity index (χ1n) is 4.90. The zero-order chi connectivity index (χ0) is 10.8. The Morgan fingerprint density at radius 3 is 2.80 bits per heavy atom. The summed E-state index contributed by atoms with van der Waals surface area (Å²) in [6, 6.07) is 0. The van der Waals surface area contributed by atoms with Crippen molar-refractivity contribution in [3.63, 3.8) is 0 Å². The van der Waals surface area contributed by atoms with Crippen molar-refractivity contribution in [3.8, 4) is 0 Å². The van der Waals surface area contributed by atoms with E-state index in [2.05, 4.69) is 10.3 Å². The Bertz CT molecular complexity index is 369. The van der Waals surface area contributed by atoms with Gasteiger partial charge in [-0.15, -0.1) is 5.10 Å².